The van der Waals surface area contributed by atoms with Gasteiger partial charge in [0.1, 0.15) is 11.5 Å². The van der Waals surface area contributed by atoms with Crippen LogP contribution in [0.25, 0.3) is 17.3 Å². The molecule has 0 bridgehead atoms. The number of hydrogen-bond acceptors (Lipinski definition) is 7. The molecule has 3 heterocycles. The van der Waals surface area contributed by atoms with Gasteiger partial charge in [-0.15, -0.1) is 0 Å². The number of benzene rings is 1. The third-order valence-corrected chi connectivity index (χ3v) is 4.45. The summed E-state index contributed by atoms with van der Waals surface area (Å²) in [5.74, 6) is 0.00747. The van der Waals surface area contributed by atoms with Gasteiger partial charge in [-0.1, -0.05) is 16.8 Å². The molecule has 0 aliphatic heterocycles. The van der Waals surface area contributed by atoms with Crippen LogP contribution in [0.4, 0.5) is 4.39 Å². The number of likely N-dealkylation sites (N-methyl/N-ethyl adjacent to an activating group) is 1. The van der Waals surface area contributed by atoms with Crippen molar-refractivity contribution in [1.82, 2.24) is 35.0 Å². The maximum Gasteiger partial charge on any atom is 0.276 e. The van der Waals surface area contributed by atoms with Gasteiger partial charge in [0.15, 0.2) is 5.82 Å². The van der Waals surface area contributed by atoms with Crippen LogP contribution in [0.3, 0.4) is 0 Å². The van der Waals surface area contributed by atoms with Crippen molar-refractivity contribution >= 4 is 5.91 Å². The highest BCUT2D eigenvalue weighted by molar-refractivity contribution is 5.97. The second-order valence-electron chi connectivity index (χ2n) is 6.69. The lowest BCUT2D eigenvalue weighted by molar-refractivity contribution is 0.0795. The molecular formula is C20H18FN7O2. The van der Waals surface area contributed by atoms with Crippen LogP contribution in [0.15, 0.2) is 53.4 Å². The molecule has 9 nitrogen and oxygen atoms in total. The summed E-state index contributed by atoms with van der Waals surface area (Å²) in [5, 5.41) is 12.2. The van der Waals surface area contributed by atoms with Crippen molar-refractivity contribution in [2.45, 2.75) is 13.3 Å². The molecule has 0 atom stereocenters. The molecule has 1 aromatic carbocycles. The van der Waals surface area contributed by atoms with Gasteiger partial charge >= 0.3 is 0 Å². The van der Waals surface area contributed by atoms with Crippen LogP contribution in [0, 0.1) is 12.7 Å². The Morgan fingerprint density at radius 3 is 2.73 bits per heavy atom. The lowest BCUT2D eigenvalue weighted by Gasteiger charge is -2.18. The molecule has 3 aromatic heterocycles. The van der Waals surface area contributed by atoms with Crippen LogP contribution >= 0.6 is 0 Å². The first-order valence-corrected chi connectivity index (χ1v) is 9.18. The molecule has 0 spiro atoms. The molecule has 0 aliphatic carbocycles. The van der Waals surface area contributed by atoms with E-state index in [1.807, 2.05) is 25.1 Å². The molecule has 152 valence electrons. The minimum atomic E-state index is -0.445. The molecule has 4 rings (SSSR count). The molecule has 4 aromatic rings. The average molecular weight is 407 g/mol. The van der Waals surface area contributed by atoms with Crippen LogP contribution in [0.5, 0.6) is 0 Å². The van der Waals surface area contributed by atoms with Crippen LogP contribution in [0.2, 0.25) is 0 Å². The summed E-state index contributed by atoms with van der Waals surface area (Å²) in [6.07, 6.45) is 4.58. The van der Waals surface area contributed by atoms with Gasteiger partial charge in [-0.3, -0.25) is 4.79 Å². The summed E-state index contributed by atoms with van der Waals surface area (Å²) in [6.45, 7) is 2.29. The zero-order valence-electron chi connectivity index (χ0n) is 16.4. The minimum Gasteiger partial charge on any atom is -0.341 e. The molecule has 1 amide bonds. The van der Waals surface area contributed by atoms with E-state index >= 15 is 0 Å². The van der Waals surface area contributed by atoms with Crippen molar-refractivity contribution < 1.29 is 13.7 Å². The number of aryl methyl sites for hydroxylation is 1. The fraction of sp³-hybridized carbons (Fsp3) is 0.200. The second kappa shape index (κ2) is 8.19. The van der Waals surface area contributed by atoms with E-state index in [0.29, 0.717) is 35.7 Å². The predicted octanol–water partition coefficient (Wildman–Crippen LogP) is 2.47. The largest absolute Gasteiger partial charge is 0.341 e. The van der Waals surface area contributed by atoms with Crippen LogP contribution < -0.4 is 0 Å². The molecule has 0 fully saturated rings. The molecular weight excluding hydrogens is 389 g/mol. The van der Waals surface area contributed by atoms with Gasteiger partial charge in [-0.2, -0.15) is 20.0 Å². The van der Waals surface area contributed by atoms with Crippen molar-refractivity contribution in [3.63, 3.8) is 0 Å². The second-order valence-corrected chi connectivity index (χ2v) is 6.69. The molecule has 10 heteroatoms. The SMILES string of the molecule is Cc1ccc(-n2nccn2)c(C(=O)N(C)CCc2noc(-c3ccc(F)cn3)n2)c1. The van der Waals surface area contributed by atoms with Crippen molar-refractivity contribution in [1.29, 1.82) is 0 Å². The Morgan fingerprint density at radius 2 is 2.00 bits per heavy atom. The van der Waals surface area contributed by atoms with Gasteiger partial charge in [-0.05, 0) is 31.2 Å². The van der Waals surface area contributed by atoms with Crippen molar-refractivity contribution in [2.75, 3.05) is 13.6 Å². The van der Waals surface area contributed by atoms with Crippen molar-refractivity contribution in [2.24, 2.45) is 0 Å². The Hall–Kier alpha value is -3.95. The fourth-order valence-corrected chi connectivity index (χ4v) is 2.87. The van der Waals surface area contributed by atoms with E-state index in [2.05, 4.69) is 25.3 Å². The fourth-order valence-electron chi connectivity index (χ4n) is 2.87. The molecule has 0 radical (unpaired) electrons. The number of pyridine rings is 1. The lowest BCUT2D eigenvalue weighted by Crippen LogP contribution is -2.30. The third-order valence-electron chi connectivity index (χ3n) is 4.45. The van der Waals surface area contributed by atoms with Crippen LogP contribution in [-0.4, -0.2) is 54.5 Å². The molecule has 0 unspecified atom stereocenters. The Bertz CT molecular complexity index is 1160. The molecule has 0 aliphatic rings. The first-order valence-electron chi connectivity index (χ1n) is 9.18. The van der Waals surface area contributed by atoms with Gasteiger partial charge in [-0.25, -0.2) is 9.37 Å². The van der Waals surface area contributed by atoms with Crippen LogP contribution in [0.1, 0.15) is 21.7 Å². The van der Waals surface area contributed by atoms with Gasteiger partial charge in [0.25, 0.3) is 11.8 Å². The van der Waals surface area contributed by atoms with E-state index < -0.39 is 5.82 Å². The highest BCUT2D eigenvalue weighted by Gasteiger charge is 2.19. The summed E-state index contributed by atoms with van der Waals surface area (Å²) in [5.41, 5.74) is 2.44. The lowest BCUT2D eigenvalue weighted by atomic mass is 10.1. The van der Waals surface area contributed by atoms with E-state index in [0.717, 1.165) is 11.8 Å². The smallest absolute Gasteiger partial charge is 0.276 e. The minimum absolute atomic E-state index is 0.171. The van der Waals surface area contributed by atoms with Gasteiger partial charge in [0, 0.05) is 20.0 Å². The predicted molar refractivity (Wildman–Crippen MR) is 104 cm³/mol. The molecule has 0 saturated carbocycles. The highest BCUT2D eigenvalue weighted by atomic mass is 19.1. The summed E-state index contributed by atoms with van der Waals surface area (Å²) in [7, 11) is 1.70. The summed E-state index contributed by atoms with van der Waals surface area (Å²) in [4.78, 5) is 24.2. The zero-order chi connectivity index (χ0) is 21.1. The maximum atomic E-state index is 13.0. The monoisotopic (exact) mass is 407 g/mol. The number of hydrogen-bond donors (Lipinski definition) is 0. The average Bonchev–Trinajstić information content (AvgIpc) is 3.44. The summed E-state index contributed by atoms with van der Waals surface area (Å²) in [6, 6.07) is 8.26. The normalized spacial score (nSPS) is 10.9. The highest BCUT2D eigenvalue weighted by Crippen LogP contribution is 2.18. The maximum absolute atomic E-state index is 13.0. The third kappa shape index (κ3) is 4.07. The van der Waals surface area contributed by atoms with Gasteiger partial charge in [0.2, 0.25) is 0 Å². The quantitative estimate of drug-likeness (QED) is 0.484. The number of amides is 1. The van der Waals surface area contributed by atoms with Crippen LogP contribution in [-0.2, 0) is 6.42 Å². The number of rotatable bonds is 6. The number of halogens is 1. The molecule has 30 heavy (non-hydrogen) atoms. The Morgan fingerprint density at radius 1 is 1.20 bits per heavy atom. The Labute approximate surface area is 171 Å². The van der Waals surface area contributed by atoms with E-state index in [1.54, 1.807) is 24.3 Å². The zero-order valence-corrected chi connectivity index (χ0v) is 16.4. The van der Waals surface area contributed by atoms with E-state index in [4.69, 9.17) is 4.52 Å². The van der Waals surface area contributed by atoms with Gasteiger partial charge in [0.05, 0.1) is 29.8 Å². The topological polar surface area (TPSA) is 103 Å². The van der Waals surface area contributed by atoms with Crippen molar-refractivity contribution in [3.05, 3.63) is 71.7 Å². The first-order chi connectivity index (χ1) is 14.5. The van der Waals surface area contributed by atoms with E-state index in [9.17, 15) is 9.18 Å². The molecule has 0 saturated heterocycles. The number of carbonyl (C=O) groups is 1. The number of carbonyl (C=O) groups excluding carboxylic acids is 1. The summed E-state index contributed by atoms with van der Waals surface area (Å²) < 4.78 is 18.2. The summed E-state index contributed by atoms with van der Waals surface area (Å²) >= 11 is 0. The molecule has 0 N–H and O–H groups in total. The first kappa shape index (κ1) is 19.4. The Balaban J connectivity index is 1.46. The number of aromatic nitrogens is 6. The Kier molecular flexibility index (Phi) is 5.29. The van der Waals surface area contributed by atoms with E-state index in [1.165, 1.54) is 16.9 Å². The van der Waals surface area contributed by atoms with Gasteiger partial charge < -0.3 is 9.42 Å². The van der Waals surface area contributed by atoms with E-state index in [-0.39, 0.29) is 11.8 Å². The number of nitrogens with zero attached hydrogens (tertiary/aromatic N) is 7. The standard InChI is InChI=1S/C20H18FN7O2/c1-13-3-6-17(28-23-8-9-24-28)15(11-13)20(29)27(2)10-7-18-25-19(30-26-18)16-5-4-14(21)12-22-16/h3-6,8-9,11-12H,7,10H2,1-2H3. The van der Waals surface area contributed by atoms with Crippen molar-refractivity contribution in [3.8, 4) is 17.3 Å².